The van der Waals surface area contributed by atoms with Crippen molar-refractivity contribution in [3.63, 3.8) is 0 Å². The minimum absolute atomic E-state index is 0.618. The van der Waals surface area contributed by atoms with Gasteiger partial charge in [-0.25, -0.2) is 0 Å². The smallest absolute Gasteiger partial charge is 0.162 e. The molecule has 0 spiro atoms. The number of fused-ring (bicyclic) bond motifs is 1. The summed E-state index contributed by atoms with van der Waals surface area (Å²) in [6, 6.07) is 18.9. The van der Waals surface area contributed by atoms with Crippen LogP contribution in [0, 0.1) is 0 Å². The molecule has 0 unspecified atom stereocenters. The summed E-state index contributed by atoms with van der Waals surface area (Å²) in [5.74, 6) is 3.96. The van der Waals surface area contributed by atoms with Crippen molar-refractivity contribution in [2.75, 3.05) is 33.8 Å². The van der Waals surface area contributed by atoms with E-state index in [0.717, 1.165) is 22.3 Å². The lowest BCUT2D eigenvalue weighted by Gasteiger charge is -2.13. The number of nitrogens with one attached hydrogen (secondary N) is 1. The van der Waals surface area contributed by atoms with E-state index in [1.165, 1.54) is 0 Å². The molecule has 1 N–H and O–H groups in total. The van der Waals surface area contributed by atoms with Crippen LogP contribution < -0.4 is 29.0 Å². The molecular weight excluding hydrogens is 408 g/mol. The molecule has 1 aromatic heterocycles. The maximum absolute atomic E-state index is 6.14. The van der Waals surface area contributed by atoms with Crippen molar-refractivity contribution >= 4 is 22.3 Å². The van der Waals surface area contributed by atoms with Crippen molar-refractivity contribution in [1.29, 1.82) is 0 Å². The van der Waals surface area contributed by atoms with E-state index in [4.69, 9.17) is 23.7 Å². The Labute approximate surface area is 186 Å². The van der Waals surface area contributed by atoms with Crippen LogP contribution in [0.25, 0.3) is 10.9 Å². The van der Waals surface area contributed by atoms with Crippen molar-refractivity contribution in [3.05, 3.63) is 66.9 Å². The number of nitrogens with zero attached hydrogens (tertiary/aromatic N) is 1. The minimum Gasteiger partial charge on any atom is -0.493 e. The summed E-state index contributed by atoms with van der Waals surface area (Å²) in [6.07, 6.45) is 1.70. The first-order valence-electron chi connectivity index (χ1n) is 9.93. The van der Waals surface area contributed by atoms with Crippen LogP contribution in [0.15, 0.2) is 66.9 Å². The van der Waals surface area contributed by atoms with Crippen LogP contribution in [-0.2, 0) is 0 Å². The molecule has 4 aromatic rings. The third kappa shape index (κ3) is 4.32. The zero-order valence-corrected chi connectivity index (χ0v) is 18.3. The number of ether oxygens (including phenoxy) is 5. The van der Waals surface area contributed by atoms with Crippen molar-refractivity contribution in [2.45, 2.75) is 0 Å². The average Bonchev–Trinajstić information content (AvgIpc) is 2.84. The Hall–Kier alpha value is -4.13. The lowest BCUT2D eigenvalue weighted by Crippen LogP contribution is -1.95. The molecule has 4 rings (SSSR count). The topological polar surface area (TPSA) is 71.1 Å². The molecule has 164 valence electrons. The van der Waals surface area contributed by atoms with Crippen LogP contribution in [-0.4, -0.2) is 33.4 Å². The van der Waals surface area contributed by atoms with E-state index in [-0.39, 0.29) is 0 Å². The lowest BCUT2D eigenvalue weighted by atomic mass is 10.2. The maximum Gasteiger partial charge on any atom is 0.162 e. The molecule has 32 heavy (non-hydrogen) atoms. The number of benzene rings is 3. The summed E-state index contributed by atoms with van der Waals surface area (Å²) in [5.41, 5.74) is 2.56. The molecule has 1 heterocycles. The van der Waals surface area contributed by atoms with Gasteiger partial charge in [-0.2, -0.15) is 0 Å². The largest absolute Gasteiger partial charge is 0.493 e. The van der Waals surface area contributed by atoms with Crippen LogP contribution in [0.5, 0.6) is 34.5 Å². The van der Waals surface area contributed by atoms with Gasteiger partial charge >= 0.3 is 0 Å². The van der Waals surface area contributed by atoms with Gasteiger partial charge in [0.05, 0.1) is 34.0 Å². The Bertz CT molecular complexity index is 1230. The molecule has 3 aromatic carbocycles. The van der Waals surface area contributed by atoms with E-state index in [1.54, 1.807) is 34.6 Å². The predicted molar refractivity (Wildman–Crippen MR) is 124 cm³/mol. The van der Waals surface area contributed by atoms with Crippen molar-refractivity contribution in [1.82, 2.24) is 4.98 Å². The van der Waals surface area contributed by atoms with Gasteiger partial charge in [-0.05, 0) is 48.5 Å². The van der Waals surface area contributed by atoms with Crippen LogP contribution in [0.1, 0.15) is 0 Å². The predicted octanol–water partition coefficient (Wildman–Crippen LogP) is 5.81. The summed E-state index contributed by atoms with van der Waals surface area (Å²) in [4.78, 5) is 4.41. The maximum atomic E-state index is 6.14. The molecule has 0 saturated heterocycles. The Morgan fingerprint density at radius 1 is 0.594 bits per heavy atom. The number of aromatic nitrogens is 1. The monoisotopic (exact) mass is 432 g/mol. The zero-order chi connectivity index (χ0) is 22.5. The van der Waals surface area contributed by atoms with E-state index >= 15 is 0 Å². The van der Waals surface area contributed by atoms with Gasteiger partial charge in [0.1, 0.15) is 11.5 Å². The fourth-order valence-corrected chi connectivity index (χ4v) is 3.35. The molecular formula is C25H24N2O5. The van der Waals surface area contributed by atoms with Crippen molar-refractivity contribution in [2.24, 2.45) is 0 Å². The molecule has 0 aliphatic rings. The van der Waals surface area contributed by atoms with Crippen molar-refractivity contribution in [3.8, 4) is 34.5 Å². The summed E-state index contributed by atoms with van der Waals surface area (Å²) in [5, 5.41) is 4.18. The average molecular weight is 432 g/mol. The fraction of sp³-hybridized carbons (Fsp3) is 0.160. The van der Waals surface area contributed by atoms with Gasteiger partial charge in [-0.15, -0.1) is 0 Å². The Morgan fingerprint density at radius 2 is 1.22 bits per heavy atom. The van der Waals surface area contributed by atoms with E-state index in [1.807, 2.05) is 60.7 Å². The van der Waals surface area contributed by atoms with Gasteiger partial charge in [0, 0.05) is 35.1 Å². The van der Waals surface area contributed by atoms with Crippen LogP contribution in [0.4, 0.5) is 11.4 Å². The van der Waals surface area contributed by atoms with E-state index in [9.17, 15) is 0 Å². The number of methoxy groups -OCH3 is 4. The first-order chi connectivity index (χ1) is 15.6. The third-order valence-electron chi connectivity index (χ3n) is 4.96. The second-order valence-corrected chi connectivity index (χ2v) is 6.85. The first-order valence-corrected chi connectivity index (χ1v) is 9.93. The highest BCUT2D eigenvalue weighted by atomic mass is 16.5. The summed E-state index contributed by atoms with van der Waals surface area (Å²) >= 11 is 0. The highest BCUT2D eigenvalue weighted by Crippen LogP contribution is 2.37. The van der Waals surface area contributed by atoms with Gasteiger partial charge in [0.25, 0.3) is 0 Å². The highest BCUT2D eigenvalue weighted by molar-refractivity contribution is 5.88. The number of anilines is 2. The van der Waals surface area contributed by atoms with Crippen LogP contribution in [0.2, 0.25) is 0 Å². The molecule has 0 aliphatic carbocycles. The van der Waals surface area contributed by atoms with E-state index in [2.05, 4.69) is 10.3 Å². The quantitative estimate of drug-likeness (QED) is 0.377. The Kier molecular flexibility index (Phi) is 6.17. The molecule has 0 aliphatic heterocycles. The number of pyridine rings is 1. The summed E-state index contributed by atoms with van der Waals surface area (Å²) < 4.78 is 27.6. The number of hydrogen-bond donors (Lipinski definition) is 1. The molecule has 0 fully saturated rings. The molecule has 0 saturated carbocycles. The number of rotatable bonds is 8. The summed E-state index contributed by atoms with van der Waals surface area (Å²) in [6.45, 7) is 0. The second-order valence-electron chi connectivity index (χ2n) is 6.85. The molecule has 0 radical (unpaired) electrons. The molecule has 0 amide bonds. The lowest BCUT2D eigenvalue weighted by molar-refractivity contribution is 0.355. The summed E-state index contributed by atoms with van der Waals surface area (Å²) in [7, 11) is 6.43. The normalized spacial score (nSPS) is 10.5. The molecule has 0 bridgehead atoms. The van der Waals surface area contributed by atoms with Gasteiger partial charge < -0.3 is 29.0 Å². The fourth-order valence-electron chi connectivity index (χ4n) is 3.35. The SMILES string of the molecule is COc1ccc(Nc2ccc(Oc3ccnc4cc(OC)c(OC)cc34)cc2)cc1OC. The number of hydrogen-bond acceptors (Lipinski definition) is 7. The third-order valence-corrected chi connectivity index (χ3v) is 4.96. The van der Waals surface area contributed by atoms with Gasteiger partial charge in [-0.3, -0.25) is 4.98 Å². The standard InChI is InChI=1S/C25H24N2O5/c1-28-22-10-7-17(13-23(22)29-2)27-16-5-8-18(9-6-16)32-21-11-12-26-20-15-25(31-4)24(30-3)14-19(20)21/h5-15,27H,1-4H3. The molecule has 0 atom stereocenters. The van der Waals surface area contributed by atoms with Crippen LogP contribution in [0.3, 0.4) is 0 Å². The Balaban J connectivity index is 1.55. The van der Waals surface area contributed by atoms with E-state index < -0.39 is 0 Å². The van der Waals surface area contributed by atoms with Gasteiger partial charge in [0.15, 0.2) is 23.0 Å². The minimum atomic E-state index is 0.618. The highest BCUT2D eigenvalue weighted by Gasteiger charge is 2.11. The zero-order valence-electron chi connectivity index (χ0n) is 18.3. The van der Waals surface area contributed by atoms with Crippen LogP contribution >= 0.6 is 0 Å². The molecule has 7 heteroatoms. The van der Waals surface area contributed by atoms with E-state index in [0.29, 0.717) is 34.5 Å². The van der Waals surface area contributed by atoms with Gasteiger partial charge in [0.2, 0.25) is 0 Å². The first kappa shape index (κ1) is 21.1. The van der Waals surface area contributed by atoms with Crippen molar-refractivity contribution < 1.29 is 23.7 Å². The Morgan fingerprint density at radius 3 is 1.91 bits per heavy atom. The second kappa shape index (κ2) is 9.34. The van der Waals surface area contributed by atoms with Gasteiger partial charge in [-0.1, -0.05) is 0 Å². The molecule has 7 nitrogen and oxygen atoms in total.